The van der Waals surface area contributed by atoms with Crippen molar-refractivity contribution in [1.82, 2.24) is 0 Å². The Hall–Kier alpha value is -2.51. The van der Waals surface area contributed by atoms with Gasteiger partial charge in [0.2, 0.25) is 0 Å². The van der Waals surface area contributed by atoms with Gasteiger partial charge in [-0.05, 0) is 33.7 Å². The molecule has 0 atom stereocenters. The monoisotopic (exact) mass is 644 g/mol. The topological polar surface area (TPSA) is 127 Å². The zero-order chi connectivity index (χ0) is 30.4. The van der Waals surface area contributed by atoms with Gasteiger partial charge >= 0.3 is 23.0 Å². The molecule has 7 rings (SSSR count). The van der Waals surface area contributed by atoms with Crippen LogP contribution in [0.4, 0.5) is 0 Å². The molecule has 0 spiro atoms. The molecule has 0 aromatic heterocycles. The van der Waals surface area contributed by atoms with Crippen LogP contribution in [0, 0.1) is 10.8 Å². The molecule has 1 N–H and O–H groups in total. The van der Waals surface area contributed by atoms with Crippen molar-refractivity contribution in [3.8, 4) is 22.6 Å². The van der Waals surface area contributed by atoms with E-state index in [4.69, 9.17) is 27.1 Å². The van der Waals surface area contributed by atoms with Crippen LogP contribution in [-0.2, 0) is 31.8 Å². The zero-order valence-corrected chi connectivity index (χ0v) is 26.7. The number of fused-ring (bicyclic) bond motifs is 7. The second kappa shape index (κ2) is 9.74. The van der Waals surface area contributed by atoms with Crippen LogP contribution in [0.5, 0.6) is 11.5 Å². The van der Waals surface area contributed by atoms with E-state index in [0.29, 0.717) is 32.7 Å². The Kier molecular flexibility index (Phi) is 6.62. The summed E-state index contributed by atoms with van der Waals surface area (Å²) in [6.07, 6.45) is 0. The summed E-state index contributed by atoms with van der Waals surface area (Å²) in [6.45, 7) is 8.23. The molecule has 0 unspecified atom stereocenters. The first kappa shape index (κ1) is 29.2. The van der Waals surface area contributed by atoms with Gasteiger partial charge in [-0.15, -0.1) is 0 Å². The van der Waals surface area contributed by atoms with E-state index >= 15 is 0 Å². The van der Waals surface area contributed by atoms with Crippen molar-refractivity contribution in [3.63, 3.8) is 0 Å². The van der Waals surface area contributed by atoms with Gasteiger partial charge in [0.05, 0.1) is 26.4 Å². The Morgan fingerprint density at radius 3 is 1.33 bits per heavy atom. The maximum atomic E-state index is 14.3. The van der Waals surface area contributed by atoms with Crippen molar-refractivity contribution in [2.45, 2.75) is 27.7 Å². The molecule has 226 valence electrons. The van der Waals surface area contributed by atoms with Crippen molar-refractivity contribution < 1.29 is 45.7 Å². The normalized spacial score (nSPS) is 22.9. The van der Waals surface area contributed by atoms with Crippen molar-refractivity contribution in [1.29, 1.82) is 0 Å². The van der Waals surface area contributed by atoms with Crippen LogP contribution in [0.1, 0.15) is 27.7 Å². The Balaban J connectivity index is 1.60. The average molecular weight is 644 g/mol. The highest BCUT2D eigenvalue weighted by molar-refractivity contribution is 7.63. The molecule has 0 amide bonds. The number of phosphoric acid groups is 1. The van der Waals surface area contributed by atoms with Crippen molar-refractivity contribution in [2.24, 2.45) is 10.8 Å². The number of benzene rings is 4. The van der Waals surface area contributed by atoms with Gasteiger partial charge in [-0.2, -0.15) is 0 Å². The Labute approximate surface area is 248 Å². The summed E-state index contributed by atoms with van der Waals surface area (Å²) in [5.74, 6) is -0.336. The van der Waals surface area contributed by atoms with E-state index in [0.717, 1.165) is 0 Å². The summed E-state index contributed by atoms with van der Waals surface area (Å²) in [5, 5.41) is 2.53. The second-order valence-corrected chi connectivity index (χ2v) is 18.0. The number of hydrogen-bond donors (Lipinski definition) is 1. The van der Waals surface area contributed by atoms with Crippen LogP contribution < -0.4 is 19.7 Å². The van der Waals surface area contributed by atoms with E-state index in [-0.39, 0.29) is 48.5 Å². The standard InChI is InChI=1S/C30H31O10P3/c1-29(2)15-35-41(31,36-16-29)23-13-19-9-5-7-11-21(19)25-26-22-12-8-6-10-20(22)14-24(28(26)40-43(33,34)39-27(23)25)42(32)37-17-30(3,4)18-38-42/h5-14H,15-18H2,1-4H3,(H,33,34). The summed E-state index contributed by atoms with van der Waals surface area (Å²) in [4.78, 5) is 11.1. The lowest BCUT2D eigenvalue weighted by Gasteiger charge is -2.35. The molecule has 3 aliphatic rings. The van der Waals surface area contributed by atoms with Gasteiger partial charge in [-0.25, -0.2) is 4.57 Å². The highest BCUT2D eigenvalue weighted by atomic mass is 31.2. The molecular weight excluding hydrogens is 613 g/mol. The van der Waals surface area contributed by atoms with E-state index < -0.39 is 33.8 Å². The smallest absolute Gasteiger partial charge is 0.394 e. The third kappa shape index (κ3) is 4.99. The third-order valence-electron chi connectivity index (χ3n) is 7.72. The van der Waals surface area contributed by atoms with Crippen LogP contribution in [0.2, 0.25) is 0 Å². The van der Waals surface area contributed by atoms with E-state index in [1.807, 2.05) is 76.2 Å². The van der Waals surface area contributed by atoms with Crippen LogP contribution in [0.25, 0.3) is 32.7 Å². The summed E-state index contributed by atoms with van der Waals surface area (Å²) in [7, 11) is -13.1. The first-order valence-corrected chi connectivity index (χ1v) is 18.4. The fraction of sp³-hybridized carbons (Fsp3) is 0.333. The summed E-state index contributed by atoms with van der Waals surface area (Å²) in [6, 6.07) is 17.8. The molecule has 13 heteroatoms. The van der Waals surface area contributed by atoms with Gasteiger partial charge in [-0.1, -0.05) is 76.2 Å². The molecule has 43 heavy (non-hydrogen) atoms. The van der Waals surface area contributed by atoms with Crippen LogP contribution >= 0.6 is 23.0 Å². The lowest BCUT2D eigenvalue weighted by Crippen LogP contribution is -2.32. The predicted octanol–water partition coefficient (Wildman–Crippen LogP) is 7.31. The maximum Gasteiger partial charge on any atom is 0.584 e. The number of rotatable bonds is 2. The minimum absolute atomic E-state index is 0.00421. The lowest BCUT2D eigenvalue weighted by molar-refractivity contribution is 0.0461. The minimum Gasteiger partial charge on any atom is -0.394 e. The van der Waals surface area contributed by atoms with Gasteiger partial charge < -0.3 is 27.1 Å². The average Bonchev–Trinajstić information content (AvgIpc) is 3.09. The van der Waals surface area contributed by atoms with Gasteiger partial charge in [0.15, 0.2) is 11.5 Å². The molecule has 3 heterocycles. The first-order chi connectivity index (χ1) is 20.2. The van der Waals surface area contributed by atoms with Gasteiger partial charge in [0.25, 0.3) is 0 Å². The van der Waals surface area contributed by atoms with Gasteiger partial charge in [0, 0.05) is 22.0 Å². The Bertz CT molecular complexity index is 1800. The van der Waals surface area contributed by atoms with Gasteiger partial charge in [0.1, 0.15) is 10.6 Å². The van der Waals surface area contributed by atoms with Crippen LogP contribution in [-0.4, -0.2) is 31.3 Å². The molecule has 0 radical (unpaired) electrons. The molecular formula is C30H31O10P3. The fourth-order valence-corrected chi connectivity index (χ4v) is 10.7. The highest BCUT2D eigenvalue weighted by Gasteiger charge is 2.48. The van der Waals surface area contributed by atoms with Crippen molar-refractivity contribution >= 4 is 55.2 Å². The lowest BCUT2D eigenvalue weighted by atomic mass is 9.92. The number of phosphoric ester groups is 1. The Morgan fingerprint density at radius 1 is 0.605 bits per heavy atom. The molecule has 0 saturated carbocycles. The minimum atomic E-state index is -4.98. The van der Waals surface area contributed by atoms with E-state index in [9.17, 15) is 18.6 Å². The number of hydrogen-bond acceptors (Lipinski definition) is 9. The third-order valence-corrected chi connectivity index (χ3v) is 12.3. The van der Waals surface area contributed by atoms with Crippen LogP contribution in [0.15, 0.2) is 60.7 Å². The zero-order valence-electron chi connectivity index (χ0n) is 24.1. The molecule has 3 aliphatic heterocycles. The molecule has 0 aliphatic carbocycles. The highest BCUT2D eigenvalue weighted by Crippen LogP contribution is 2.64. The largest absolute Gasteiger partial charge is 0.584 e. The molecule has 4 aromatic carbocycles. The molecule has 2 fully saturated rings. The van der Waals surface area contributed by atoms with Crippen molar-refractivity contribution in [2.75, 3.05) is 26.4 Å². The summed E-state index contributed by atoms with van der Waals surface area (Å²) in [5.41, 5.74) is -0.138. The maximum absolute atomic E-state index is 14.3. The van der Waals surface area contributed by atoms with E-state index in [1.54, 1.807) is 12.1 Å². The molecule has 0 bridgehead atoms. The SMILES string of the molecule is CC1(C)COP(=O)(c2cc3ccccc3c3c2OP(=O)(O)Oc2c(P4(=O)OCC(C)(C)CO4)cc4ccccc4c2-3)OC1. The van der Waals surface area contributed by atoms with E-state index in [2.05, 4.69) is 0 Å². The first-order valence-electron chi connectivity index (χ1n) is 13.8. The van der Waals surface area contributed by atoms with E-state index in [1.165, 1.54) is 0 Å². The van der Waals surface area contributed by atoms with Crippen LogP contribution in [0.3, 0.4) is 0 Å². The molecule has 10 nitrogen and oxygen atoms in total. The van der Waals surface area contributed by atoms with Gasteiger partial charge in [-0.3, -0.25) is 14.0 Å². The summed E-state index contributed by atoms with van der Waals surface area (Å²) < 4.78 is 77.5. The summed E-state index contributed by atoms with van der Waals surface area (Å²) >= 11 is 0. The fourth-order valence-electron chi connectivity index (χ4n) is 5.44. The molecule has 4 aromatic rings. The quantitative estimate of drug-likeness (QED) is 0.222. The predicted molar refractivity (Wildman–Crippen MR) is 164 cm³/mol. The molecule has 2 saturated heterocycles. The Morgan fingerprint density at radius 2 is 0.953 bits per heavy atom. The van der Waals surface area contributed by atoms with Crippen molar-refractivity contribution in [3.05, 3.63) is 60.7 Å². The second-order valence-electron chi connectivity index (χ2n) is 12.7.